The van der Waals surface area contributed by atoms with Crippen LogP contribution in [-0.4, -0.2) is 17.4 Å². The molecule has 1 N–H and O–H groups in total. The Bertz CT molecular complexity index is 649. The summed E-state index contributed by atoms with van der Waals surface area (Å²) in [6.07, 6.45) is 2.25. The molecule has 2 heterocycles. The highest BCUT2D eigenvalue weighted by Gasteiger charge is 2.22. The second-order valence-corrected chi connectivity index (χ2v) is 5.11. The molecular weight excluding hydrogens is 250 g/mol. The SMILES string of the molecule is Cc1ccc(N2CCC(=O)Nc3c(C)ccnc32)cc1. The van der Waals surface area contributed by atoms with Crippen LogP contribution in [0.4, 0.5) is 17.2 Å². The third-order valence-electron chi connectivity index (χ3n) is 3.57. The standard InChI is InChI=1S/C16H17N3O/c1-11-3-5-13(6-4-11)19-10-8-14(20)18-15-12(2)7-9-17-16(15)19/h3-7,9H,8,10H2,1-2H3,(H,18,20). The fourth-order valence-corrected chi connectivity index (χ4v) is 2.40. The van der Waals surface area contributed by atoms with E-state index in [1.54, 1.807) is 6.20 Å². The Morgan fingerprint density at radius 2 is 1.90 bits per heavy atom. The van der Waals surface area contributed by atoms with E-state index in [1.165, 1.54) is 5.56 Å². The number of fused-ring (bicyclic) bond motifs is 1. The molecule has 0 spiro atoms. The van der Waals surface area contributed by atoms with Crippen LogP contribution in [0.15, 0.2) is 36.5 Å². The number of aryl methyl sites for hydroxylation is 2. The minimum Gasteiger partial charge on any atom is -0.324 e. The number of nitrogens with one attached hydrogen (secondary N) is 1. The first-order valence-corrected chi connectivity index (χ1v) is 6.75. The third kappa shape index (κ3) is 2.25. The molecule has 0 aliphatic carbocycles. The number of carbonyl (C=O) groups is 1. The molecule has 4 heteroatoms. The summed E-state index contributed by atoms with van der Waals surface area (Å²) in [7, 11) is 0. The number of rotatable bonds is 1. The Morgan fingerprint density at radius 1 is 1.15 bits per heavy atom. The lowest BCUT2D eigenvalue weighted by molar-refractivity contribution is -0.115. The fraction of sp³-hybridized carbons (Fsp3) is 0.250. The Kier molecular flexibility index (Phi) is 3.14. The highest BCUT2D eigenvalue weighted by atomic mass is 16.1. The van der Waals surface area contributed by atoms with Gasteiger partial charge in [0.25, 0.3) is 0 Å². The number of anilines is 3. The maximum absolute atomic E-state index is 11.9. The minimum absolute atomic E-state index is 0.0389. The maximum atomic E-state index is 11.9. The number of carbonyl (C=O) groups excluding carboxylic acids is 1. The molecule has 1 aromatic carbocycles. The van der Waals surface area contributed by atoms with Crippen molar-refractivity contribution in [2.24, 2.45) is 0 Å². The van der Waals surface area contributed by atoms with Gasteiger partial charge in [-0.3, -0.25) is 4.79 Å². The van der Waals surface area contributed by atoms with Crippen LogP contribution >= 0.6 is 0 Å². The van der Waals surface area contributed by atoms with Crippen molar-refractivity contribution in [2.45, 2.75) is 20.3 Å². The van der Waals surface area contributed by atoms with Crippen LogP contribution in [0.25, 0.3) is 0 Å². The molecule has 0 unspecified atom stereocenters. The van der Waals surface area contributed by atoms with Crippen molar-refractivity contribution in [1.82, 2.24) is 4.98 Å². The second-order valence-electron chi connectivity index (χ2n) is 5.11. The van der Waals surface area contributed by atoms with Gasteiger partial charge in [-0.2, -0.15) is 0 Å². The van der Waals surface area contributed by atoms with E-state index in [0.717, 1.165) is 22.8 Å². The molecule has 4 nitrogen and oxygen atoms in total. The number of hydrogen-bond donors (Lipinski definition) is 1. The van der Waals surface area contributed by atoms with E-state index < -0.39 is 0 Å². The van der Waals surface area contributed by atoms with Crippen LogP contribution in [-0.2, 0) is 4.79 Å². The van der Waals surface area contributed by atoms with Crippen molar-refractivity contribution in [3.05, 3.63) is 47.7 Å². The van der Waals surface area contributed by atoms with Crippen LogP contribution in [0.5, 0.6) is 0 Å². The number of nitrogens with zero attached hydrogens (tertiary/aromatic N) is 2. The van der Waals surface area contributed by atoms with Crippen molar-refractivity contribution in [1.29, 1.82) is 0 Å². The van der Waals surface area contributed by atoms with Crippen molar-refractivity contribution in [3.8, 4) is 0 Å². The van der Waals surface area contributed by atoms with Crippen molar-refractivity contribution in [3.63, 3.8) is 0 Å². The molecule has 3 rings (SSSR count). The zero-order chi connectivity index (χ0) is 14.1. The molecule has 0 saturated carbocycles. The molecule has 20 heavy (non-hydrogen) atoms. The van der Waals surface area contributed by atoms with Gasteiger partial charge >= 0.3 is 0 Å². The third-order valence-corrected chi connectivity index (χ3v) is 3.57. The lowest BCUT2D eigenvalue weighted by Gasteiger charge is -2.23. The average molecular weight is 267 g/mol. The van der Waals surface area contributed by atoms with Crippen LogP contribution in [0.2, 0.25) is 0 Å². The van der Waals surface area contributed by atoms with E-state index >= 15 is 0 Å². The summed E-state index contributed by atoms with van der Waals surface area (Å²) >= 11 is 0. The predicted molar refractivity (Wildman–Crippen MR) is 80.4 cm³/mol. The lowest BCUT2D eigenvalue weighted by Crippen LogP contribution is -2.19. The number of benzene rings is 1. The molecule has 0 atom stereocenters. The Morgan fingerprint density at radius 3 is 2.65 bits per heavy atom. The van der Waals surface area contributed by atoms with Crippen molar-refractivity contribution < 1.29 is 4.79 Å². The van der Waals surface area contributed by atoms with Crippen LogP contribution in [0.1, 0.15) is 17.5 Å². The molecule has 1 aromatic heterocycles. The van der Waals surface area contributed by atoms with Gasteiger partial charge in [-0.1, -0.05) is 17.7 Å². The summed E-state index contributed by atoms with van der Waals surface area (Å²) < 4.78 is 0. The topological polar surface area (TPSA) is 45.2 Å². The van der Waals surface area contributed by atoms with E-state index in [1.807, 2.05) is 13.0 Å². The van der Waals surface area contributed by atoms with Gasteiger partial charge in [-0.05, 0) is 37.6 Å². The summed E-state index contributed by atoms with van der Waals surface area (Å²) in [6.45, 7) is 4.69. The summed E-state index contributed by atoms with van der Waals surface area (Å²) in [5.74, 6) is 0.858. The number of pyridine rings is 1. The van der Waals surface area contributed by atoms with Gasteiger partial charge in [-0.15, -0.1) is 0 Å². The maximum Gasteiger partial charge on any atom is 0.226 e. The van der Waals surface area contributed by atoms with Gasteiger partial charge in [0.2, 0.25) is 5.91 Å². The average Bonchev–Trinajstić information content (AvgIpc) is 2.60. The van der Waals surface area contributed by atoms with Gasteiger partial charge in [0.1, 0.15) is 0 Å². The second kappa shape index (κ2) is 4.96. The number of hydrogen-bond acceptors (Lipinski definition) is 3. The van der Waals surface area contributed by atoms with Gasteiger partial charge < -0.3 is 10.2 Å². The monoisotopic (exact) mass is 267 g/mol. The molecule has 1 aliphatic heterocycles. The number of aromatic nitrogens is 1. The highest BCUT2D eigenvalue weighted by molar-refractivity contribution is 5.97. The molecule has 0 radical (unpaired) electrons. The van der Waals surface area contributed by atoms with E-state index in [2.05, 4.69) is 46.4 Å². The van der Waals surface area contributed by atoms with Gasteiger partial charge in [0.15, 0.2) is 5.82 Å². The fourth-order valence-electron chi connectivity index (χ4n) is 2.40. The van der Waals surface area contributed by atoms with E-state index in [9.17, 15) is 4.79 Å². The largest absolute Gasteiger partial charge is 0.324 e. The number of amides is 1. The predicted octanol–water partition coefficient (Wildman–Crippen LogP) is 3.18. The Labute approximate surface area is 118 Å². The normalized spacial score (nSPS) is 14.5. The molecule has 102 valence electrons. The molecule has 0 bridgehead atoms. The van der Waals surface area contributed by atoms with E-state index in [-0.39, 0.29) is 5.91 Å². The smallest absolute Gasteiger partial charge is 0.226 e. The van der Waals surface area contributed by atoms with E-state index in [4.69, 9.17) is 0 Å². The highest BCUT2D eigenvalue weighted by Crippen LogP contribution is 2.34. The molecule has 1 aliphatic rings. The van der Waals surface area contributed by atoms with Crippen LogP contribution < -0.4 is 10.2 Å². The minimum atomic E-state index is 0.0389. The molecule has 2 aromatic rings. The summed E-state index contributed by atoms with van der Waals surface area (Å²) in [5, 5.41) is 2.96. The van der Waals surface area contributed by atoms with Crippen LogP contribution in [0.3, 0.4) is 0 Å². The first-order chi connectivity index (χ1) is 9.65. The zero-order valence-corrected chi connectivity index (χ0v) is 11.7. The molecule has 1 amide bonds. The van der Waals surface area contributed by atoms with Crippen molar-refractivity contribution >= 4 is 23.1 Å². The van der Waals surface area contributed by atoms with Gasteiger partial charge in [0, 0.05) is 24.8 Å². The lowest BCUT2D eigenvalue weighted by atomic mass is 10.2. The Hall–Kier alpha value is -2.36. The zero-order valence-electron chi connectivity index (χ0n) is 11.7. The van der Waals surface area contributed by atoms with Crippen LogP contribution in [0, 0.1) is 13.8 Å². The first kappa shape index (κ1) is 12.7. The van der Waals surface area contributed by atoms with Gasteiger partial charge in [-0.25, -0.2) is 4.98 Å². The molecule has 0 saturated heterocycles. The summed E-state index contributed by atoms with van der Waals surface area (Å²) in [4.78, 5) is 18.4. The Balaban J connectivity index is 2.10. The molecule has 0 fully saturated rings. The summed E-state index contributed by atoms with van der Waals surface area (Å²) in [5.41, 5.74) is 4.12. The van der Waals surface area contributed by atoms with E-state index in [0.29, 0.717) is 13.0 Å². The quantitative estimate of drug-likeness (QED) is 0.863. The van der Waals surface area contributed by atoms with Crippen molar-refractivity contribution in [2.75, 3.05) is 16.8 Å². The summed E-state index contributed by atoms with van der Waals surface area (Å²) in [6, 6.07) is 10.2. The first-order valence-electron chi connectivity index (χ1n) is 6.75. The molecular formula is C16H17N3O. The van der Waals surface area contributed by atoms with Gasteiger partial charge in [0.05, 0.1) is 5.69 Å².